The van der Waals surface area contributed by atoms with Crippen LogP contribution >= 0.6 is 0 Å². The average molecular weight is 273 g/mol. The Balaban J connectivity index is 1.90. The van der Waals surface area contributed by atoms with Crippen molar-refractivity contribution in [2.45, 2.75) is 26.6 Å². The number of benzene rings is 2. The Labute approximate surface area is 119 Å². The molecule has 2 aromatic carbocycles. The molecule has 0 spiro atoms. The molecule has 0 heterocycles. The van der Waals surface area contributed by atoms with Crippen molar-refractivity contribution in [2.75, 3.05) is 7.11 Å². The van der Waals surface area contributed by atoms with E-state index < -0.39 is 0 Å². The third-order valence-electron chi connectivity index (χ3n) is 3.25. The molecule has 2 aromatic rings. The van der Waals surface area contributed by atoms with Crippen LogP contribution in [0, 0.1) is 12.7 Å². The number of hydrogen-bond acceptors (Lipinski definition) is 2. The second-order valence-electron chi connectivity index (χ2n) is 4.93. The maximum Gasteiger partial charge on any atom is 0.123 e. The molecule has 0 bridgehead atoms. The molecule has 20 heavy (non-hydrogen) atoms. The number of halogens is 1. The first-order valence-corrected chi connectivity index (χ1v) is 6.71. The van der Waals surface area contributed by atoms with Crippen molar-refractivity contribution in [1.82, 2.24) is 5.32 Å². The fourth-order valence-corrected chi connectivity index (χ4v) is 2.20. The maximum absolute atomic E-state index is 13.0. The third-order valence-corrected chi connectivity index (χ3v) is 3.25. The number of hydrogen-bond donors (Lipinski definition) is 1. The molecule has 0 aromatic heterocycles. The summed E-state index contributed by atoms with van der Waals surface area (Å²) in [6, 6.07) is 13.2. The number of aryl methyl sites for hydroxylation is 1. The zero-order chi connectivity index (χ0) is 14.4. The lowest BCUT2D eigenvalue weighted by Gasteiger charge is -2.09. The minimum absolute atomic E-state index is 0.182. The Morgan fingerprint density at radius 3 is 2.60 bits per heavy atom. The number of methoxy groups -OCH3 is 1. The first kappa shape index (κ1) is 14.7. The first-order chi connectivity index (χ1) is 9.69. The van der Waals surface area contributed by atoms with E-state index in [0.717, 1.165) is 24.2 Å². The van der Waals surface area contributed by atoms with E-state index in [0.29, 0.717) is 6.61 Å². The molecule has 2 rings (SSSR count). The molecule has 106 valence electrons. The summed E-state index contributed by atoms with van der Waals surface area (Å²) in [7, 11) is 1.70. The highest BCUT2D eigenvalue weighted by atomic mass is 19.1. The molecule has 0 aliphatic heterocycles. The Morgan fingerprint density at radius 1 is 1.05 bits per heavy atom. The second kappa shape index (κ2) is 7.17. The normalized spacial score (nSPS) is 10.8. The van der Waals surface area contributed by atoms with Gasteiger partial charge in [0.2, 0.25) is 0 Å². The minimum atomic E-state index is -0.182. The van der Waals surface area contributed by atoms with Gasteiger partial charge in [-0.2, -0.15) is 0 Å². The summed E-state index contributed by atoms with van der Waals surface area (Å²) in [4.78, 5) is 0. The number of ether oxygens (including phenoxy) is 1. The van der Waals surface area contributed by atoms with Crippen molar-refractivity contribution >= 4 is 0 Å². The maximum atomic E-state index is 13.0. The van der Waals surface area contributed by atoms with E-state index >= 15 is 0 Å². The van der Waals surface area contributed by atoms with Crippen molar-refractivity contribution in [2.24, 2.45) is 0 Å². The van der Waals surface area contributed by atoms with E-state index in [1.807, 2.05) is 19.1 Å². The predicted octanol–water partition coefficient (Wildman–Crippen LogP) is 3.57. The first-order valence-electron chi connectivity index (χ1n) is 6.71. The van der Waals surface area contributed by atoms with Crippen LogP contribution in [0.25, 0.3) is 0 Å². The van der Waals surface area contributed by atoms with Crippen molar-refractivity contribution in [1.29, 1.82) is 0 Å². The second-order valence-corrected chi connectivity index (χ2v) is 4.93. The quantitative estimate of drug-likeness (QED) is 0.868. The van der Waals surface area contributed by atoms with E-state index in [2.05, 4.69) is 23.5 Å². The largest absolute Gasteiger partial charge is 0.380 e. The highest BCUT2D eigenvalue weighted by molar-refractivity contribution is 5.27. The monoisotopic (exact) mass is 273 g/mol. The molecule has 0 radical (unpaired) electrons. The summed E-state index contributed by atoms with van der Waals surface area (Å²) in [6.45, 7) is 4.08. The molecule has 1 N–H and O–H groups in total. The van der Waals surface area contributed by atoms with E-state index in [4.69, 9.17) is 4.74 Å². The zero-order valence-corrected chi connectivity index (χ0v) is 11.9. The van der Waals surface area contributed by atoms with Gasteiger partial charge in [-0.25, -0.2) is 4.39 Å². The summed E-state index contributed by atoms with van der Waals surface area (Å²) in [5.41, 5.74) is 4.49. The van der Waals surface area contributed by atoms with Gasteiger partial charge in [0.1, 0.15) is 5.82 Å². The zero-order valence-electron chi connectivity index (χ0n) is 11.9. The van der Waals surface area contributed by atoms with E-state index in [9.17, 15) is 4.39 Å². The summed E-state index contributed by atoms with van der Waals surface area (Å²) in [6.07, 6.45) is 0. The molecule has 0 atom stereocenters. The lowest BCUT2D eigenvalue weighted by atomic mass is 10.1. The summed E-state index contributed by atoms with van der Waals surface area (Å²) < 4.78 is 18.1. The van der Waals surface area contributed by atoms with Crippen LogP contribution in [0.4, 0.5) is 4.39 Å². The summed E-state index contributed by atoms with van der Waals surface area (Å²) in [5, 5.41) is 3.38. The van der Waals surface area contributed by atoms with Crippen LogP contribution in [0.1, 0.15) is 22.3 Å². The van der Waals surface area contributed by atoms with Crippen LogP contribution in [-0.4, -0.2) is 7.11 Å². The van der Waals surface area contributed by atoms with Crippen molar-refractivity contribution < 1.29 is 9.13 Å². The fourth-order valence-electron chi connectivity index (χ4n) is 2.20. The third kappa shape index (κ3) is 4.15. The highest BCUT2D eigenvalue weighted by Crippen LogP contribution is 2.11. The molecular formula is C17H20FNO. The van der Waals surface area contributed by atoms with Gasteiger partial charge in [-0.15, -0.1) is 0 Å². The van der Waals surface area contributed by atoms with Gasteiger partial charge in [-0.3, -0.25) is 0 Å². The Kier molecular flexibility index (Phi) is 5.27. The van der Waals surface area contributed by atoms with E-state index in [-0.39, 0.29) is 5.82 Å². The Morgan fingerprint density at radius 2 is 1.85 bits per heavy atom. The Bertz CT molecular complexity index is 569. The van der Waals surface area contributed by atoms with Crippen LogP contribution < -0.4 is 5.32 Å². The van der Waals surface area contributed by atoms with Crippen LogP contribution in [0.15, 0.2) is 42.5 Å². The van der Waals surface area contributed by atoms with Gasteiger partial charge in [0.15, 0.2) is 0 Å². The standard InChI is InChI=1S/C17H20FNO/c1-13-8-17(18)7-6-16(13)11-19-10-14-4-3-5-15(9-14)12-20-2/h3-9,19H,10-12H2,1-2H3. The number of rotatable bonds is 6. The molecule has 0 aliphatic carbocycles. The summed E-state index contributed by atoms with van der Waals surface area (Å²) in [5.74, 6) is -0.182. The van der Waals surface area contributed by atoms with Gasteiger partial charge < -0.3 is 10.1 Å². The molecule has 0 saturated carbocycles. The highest BCUT2D eigenvalue weighted by Gasteiger charge is 2.00. The Hall–Kier alpha value is -1.71. The van der Waals surface area contributed by atoms with Gasteiger partial charge in [0.25, 0.3) is 0 Å². The molecular weight excluding hydrogens is 253 g/mol. The van der Waals surface area contributed by atoms with Gasteiger partial charge in [0, 0.05) is 20.2 Å². The molecule has 0 amide bonds. The van der Waals surface area contributed by atoms with Crippen molar-refractivity contribution in [3.05, 3.63) is 70.5 Å². The van der Waals surface area contributed by atoms with Crippen LogP contribution in [0.5, 0.6) is 0 Å². The fraction of sp³-hybridized carbons (Fsp3) is 0.294. The van der Waals surface area contributed by atoms with Gasteiger partial charge in [0.05, 0.1) is 6.61 Å². The van der Waals surface area contributed by atoms with E-state index in [1.54, 1.807) is 13.2 Å². The lowest BCUT2D eigenvalue weighted by molar-refractivity contribution is 0.185. The van der Waals surface area contributed by atoms with Gasteiger partial charge in [-0.1, -0.05) is 30.3 Å². The topological polar surface area (TPSA) is 21.3 Å². The minimum Gasteiger partial charge on any atom is -0.380 e. The average Bonchev–Trinajstić information content (AvgIpc) is 2.42. The molecule has 0 unspecified atom stereocenters. The SMILES string of the molecule is COCc1cccc(CNCc2ccc(F)cc2C)c1. The van der Waals surface area contributed by atoms with Crippen LogP contribution in [-0.2, 0) is 24.4 Å². The smallest absolute Gasteiger partial charge is 0.123 e. The predicted molar refractivity (Wildman–Crippen MR) is 78.8 cm³/mol. The van der Waals surface area contributed by atoms with Crippen LogP contribution in [0.3, 0.4) is 0 Å². The van der Waals surface area contributed by atoms with Gasteiger partial charge >= 0.3 is 0 Å². The van der Waals surface area contributed by atoms with Gasteiger partial charge in [-0.05, 0) is 41.3 Å². The van der Waals surface area contributed by atoms with Crippen molar-refractivity contribution in [3.8, 4) is 0 Å². The molecule has 0 fully saturated rings. The summed E-state index contributed by atoms with van der Waals surface area (Å²) >= 11 is 0. The molecule has 0 saturated heterocycles. The number of nitrogens with one attached hydrogen (secondary N) is 1. The lowest BCUT2D eigenvalue weighted by Crippen LogP contribution is -2.13. The molecule has 0 aliphatic rings. The molecule has 3 heteroatoms. The molecule has 2 nitrogen and oxygen atoms in total. The van der Waals surface area contributed by atoms with Crippen molar-refractivity contribution in [3.63, 3.8) is 0 Å². The van der Waals surface area contributed by atoms with Crippen LogP contribution in [0.2, 0.25) is 0 Å². The van der Waals surface area contributed by atoms with E-state index in [1.165, 1.54) is 17.2 Å².